The van der Waals surface area contributed by atoms with Crippen LogP contribution in [0.5, 0.6) is 5.75 Å². The predicted octanol–water partition coefficient (Wildman–Crippen LogP) is 10.0. The lowest BCUT2D eigenvalue weighted by Gasteiger charge is -2.50. The highest BCUT2D eigenvalue weighted by atomic mass is 32.2. The van der Waals surface area contributed by atoms with Gasteiger partial charge in [0.25, 0.3) is 0 Å². The lowest BCUT2D eigenvalue weighted by molar-refractivity contribution is -0.313. The fourth-order valence-corrected chi connectivity index (χ4v) is 8.49. The quantitative estimate of drug-likeness (QED) is 0.231. The van der Waals surface area contributed by atoms with Crippen LogP contribution in [0.3, 0.4) is 0 Å². The number of phenolic OH excluding ortho intramolecular Hbond substituents is 1. The number of ether oxygens (including phenoxy) is 3. The highest BCUT2D eigenvalue weighted by molar-refractivity contribution is 7.99. The van der Waals surface area contributed by atoms with Crippen LogP contribution >= 0.6 is 11.8 Å². The minimum Gasteiger partial charge on any atom is -0.507 e. The van der Waals surface area contributed by atoms with Crippen LogP contribution in [0.25, 0.3) is 0 Å². The van der Waals surface area contributed by atoms with Gasteiger partial charge < -0.3 is 19.3 Å². The minimum absolute atomic E-state index is 0.194. The van der Waals surface area contributed by atoms with Gasteiger partial charge in [-0.25, -0.2) is 0 Å². The number of thioether (sulfide) groups is 1. The fraction of sp³-hybridized carbons (Fsp3) is 0.537. The van der Waals surface area contributed by atoms with Crippen LogP contribution in [0.1, 0.15) is 119 Å². The molecule has 2 aliphatic rings. The summed E-state index contributed by atoms with van der Waals surface area (Å²) < 4.78 is 19.3. The number of phenols is 1. The summed E-state index contributed by atoms with van der Waals surface area (Å²) in [6.07, 6.45) is 4.08. The summed E-state index contributed by atoms with van der Waals surface area (Å²) in [6.45, 7) is 16.3. The molecule has 0 radical (unpaired) electrons. The molecule has 2 saturated heterocycles. The molecule has 0 aliphatic carbocycles. The summed E-state index contributed by atoms with van der Waals surface area (Å²) in [7, 11) is 0. The third-order valence-electron chi connectivity index (χ3n) is 10.00. The number of hydrogen-bond acceptors (Lipinski definition) is 6. The molecule has 5 nitrogen and oxygen atoms in total. The van der Waals surface area contributed by atoms with Gasteiger partial charge in [0, 0.05) is 35.2 Å². The Kier molecular flexibility index (Phi) is 10.8. The van der Waals surface area contributed by atoms with Crippen LogP contribution in [0.2, 0.25) is 0 Å². The molecule has 6 heteroatoms. The van der Waals surface area contributed by atoms with Gasteiger partial charge >= 0.3 is 5.97 Å². The molecule has 3 aromatic rings. The zero-order chi connectivity index (χ0) is 33.9. The van der Waals surface area contributed by atoms with Crippen molar-refractivity contribution in [3.05, 3.63) is 101 Å². The van der Waals surface area contributed by atoms with Gasteiger partial charge in [-0.15, -0.1) is 11.8 Å². The molecule has 254 valence electrons. The van der Waals surface area contributed by atoms with Crippen molar-refractivity contribution in [1.82, 2.24) is 0 Å². The lowest BCUT2D eigenvalue weighted by atomic mass is 9.78. The first-order valence-electron chi connectivity index (χ1n) is 17.3. The molecule has 3 aromatic carbocycles. The van der Waals surface area contributed by atoms with Crippen LogP contribution in [0.15, 0.2) is 72.8 Å². The SMILES string of the molecule is CCC1(CCOC(=O)CCc2cc(C(C)(C)C)c(O)c(C(C)(C)C)c2)COC2(CC(c3ccccc3)SC(c3ccccc3)C2)OC1. The van der Waals surface area contributed by atoms with Crippen LogP contribution in [0, 0.1) is 5.41 Å². The van der Waals surface area contributed by atoms with Crippen LogP contribution in [0.4, 0.5) is 0 Å². The summed E-state index contributed by atoms with van der Waals surface area (Å²) in [5, 5.41) is 11.6. The highest BCUT2D eigenvalue weighted by Crippen LogP contribution is 2.56. The van der Waals surface area contributed by atoms with Gasteiger partial charge in [-0.3, -0.25) is 4.79 Å². The number of benzene rings is 3. The van der Waals surface area contributed by atoms with Gasteiger partial charge in [-0.05, 0) is 57.9 Å². The van der Waals surface area contributed by atoms with E-state index in [1.807, 2.05) is 23.9 Å². The second kappa shape index (κ2) is 14.4. The summed E-state index contributed by atoms with van der Waals surface area (Å²) in [5.41, 5.74) is 4.87. The second-order valence-electron chi connectivity index (χ2n) is 15.7. The van der Waals surface area contributed by atoms with Gasteiger partial charge in [-0.2, -0.15) is 0 Å². The molecule has 1 N–H and O–H groups in total. The smallest absolute Gasteiger partial charge is 0.306 e. The van der Waals surface area contributed by atoms with Gasteiger partial charge in [0.1, 0.15) is 5.75 Å². The molecule has 0 aromatic heterocycles. The summed E-state index contributed by atoms with van der Waals surface area (Å²) in [4.78, 5) is 12.9. The normalized spacial score (nSPS) is 25.1. The number of rotatable bonds is 9. The van der Waals surface area contributed by atoms with E-state index < -0.39 is 5.79 Å². The first-order valence-corrected chi connectivity index (χ1v) is 18.2. The van der Waals surface area contributed by atoms with Crippen LogP contribution in [-0.2, 0) is 36.3 Å². The van der Waals surface area contributed by atoms with Gasteiger partial charge in [0.15, 0.2) is 5.79 Å². The van der Waals surface area contributed by atoms with Crippen molar-refractivity contribution >= 4 is 17.7 Å². The van der Waals surface area contributed by atoms with E-state index in [1.165, 1.54) is 11.1 Å². The number of carbonyl (C=O) groups is 1. The first-order chi connectivity index (χ1) is 22.2. The van der Waals surface area contributed by atoms with E-state index in [9.17, 15) is 9.90 Å². The topological polar surface area (TPSA) is 65.0 Å². The van der Waals surface area contributed by atoms with Crippen molar-refractivity contribution in [3.8, 4) is 5.75 Å². The Bertz CT molecular complexity index is 1400. The molecular formula is C41H54O5S. The Balaban J connectivity index is 1.19. The second-order valence-corrected chi connectivity index (χ2v) is 17.1. The van der Waals surface area contributed by atoms with Crippen molar-refractivity contribution in [2.24, 2.45) is 5.41 Å². The van der Waals surface area contributed by atoms with Crippen molar-refractivity contribution in [3.63, 3.8) is 0 Å². The molecule has 47 heavy (non-hydrogen) atoms. The number of aryl methyl sites for hydroxylation is 1. The van der Waals surface area contributed by atoms with E-state index in [-0.39, 0.29) is 32.7 Å². The number of esters is 1. The number of aromatic hydroxyl groups is 1. The van der Waals surface area contributed by atoms with E-state index in [2.05, 4.69) is 109 Å². The molecule has 0 amide bonds. The summed E-state index contributed by atoms with van der Waals surface area (Å²) in [6, 6.07) is 25.5. The van der Waals surface area contributed by atoms with Crippen LogP contribution in [-0.4, -0.2) is 36.7 Å². The first kappa shape index (κ1) is 35.5. The highest BCUT2D eigenvalue weighted by Gasteiger charge is 2.49. The van der Waals surface area contributed by atoms with Crippen molar-refractivity contribution in [2.75, 3.05) is 19.8 Å². The molecule has 0 bridgehead atoms. The van der Waals surface area contributed by atoms with Crippen molar-refractivity contribution < 1.29 is 24.1 Å². The summed E-state index contributed by atoms with van der Waals surface area (Å²) in [5.74, 6) is -0.476. The molecule has 2 aliphatic heterocycles. The maximum atomic E-state index is 12.9. The van der Waals surface area contributed by atoms with E-state index in [1.54, 1.807) is 0 Å². The molecule has 1 spiro atoms. The van der Waals surface area contributed by atoms with E-state index in [0.29, 0.717) is 44.8 Å². The number of carbonyl (C=O) groups excluding carboxylic acids is 1. The Morgan fingerprint density at radius 3 is 1.79 bits per heavy atom. The average Bonchev–Trinajstić information content (AvgIpc) is 3.05. The van der Waals surface area contributed by atoms with E-state index >= 15 is 0 Å². The molecular weight excluding hydrogens is 605 g/mol. The van der Waals surface area contributed by atoms with Gasteiger partial charge in [-0.1, -0.05) is 121 Å². The maximum Gasteiger partial charge on any atom is 0.306 e. The monoisotopic (exact) mass is 658 g/mol. The molecule has 2 heterocycles. The lowest BCUT2D eigenvalue weighted by Crippen LogP contribution is -2.52. The largest absolute Gasteiger partial charge is 0.507 e. The molecule has 5 rings (SSSR count). The Labute approximate surface area is 286 Å². The molecule has 2 atom stereocenters. The maximum absolute atomic E-state index is 12.9. The van der Waals surface area contributed by atoms with E-state index in [4.69, 9.17) is 14.2 Å². The van der Waals surface area contributed by atoms with E-state index in [0.717, 1.165) is 36.0 Å². The Morgan fingerprint density at radius 2 is 1.34 bits per heavy atom. The molecule has 0 saturated carbocycles. The number of hydrogen-bond donors (Lipinski definition) is 1. The Hall–Kier alpha value is -2.80. The average molecular weight is 659 g/mol. The zero-order valence-corrected chi connectivity index (χ0v) is 30.3. The third kappa shape index (κ3) is 8.63. The van der Waals surface area contributed by atoms with Crippen molar-refractivity contribution in [1.29, 1.82) is 0 Å². The standard InChI is InChI=1S/C41H54O5S/c1-8-40(21-22-44-36(42)20-19-29-23-32(38(2,3)4)37(43)33(24-29)39(5,6)7)27-45-41(46-28-40)25-34(30-15-11-9-12-16-30)47-35(26-41)31-17-13-10-14-18-31/h9-18,23-24,34-35,43H,8,19-22,25-28H2,1-7H3. The summed E-state index contributed by atoms with van der Waals surface area (Å²) >= 11 is 2.01. The third-order valence-corrected chi connectivity index (χ3v) is 11.5. The predicted molar refractivity (Wildman–Crippen MR) is 192 cm³/mol. The minimum atomic E-state index is -0.635. The zero-order valence-electron chi connectivity index (χ0n) is 29.4. The van der Waals surface area contributed by atoms with Gasteiger partial charge in [0.05, 0.1) is 19.8 Å². The molecule has 2 unspecified atom stereocenters. The van der Waals surface area contributed by atoms with Crippen LogP contribution < -0.4 is 0 Å². The molecule has 2 fully saturated rings. The Morgan fingerprint density at radius 1 is 0.851 bits per heavy atom. The van der Waals surface area contributed by atoms with Gasteiger partial charge in [0.2, 0.25) is 0 Å². The fourth-order valence-electron chi connectivity index (χ4n) is 6.77. The van der Waals surface area contributed by atoms with Crippen molar-refractivity contribution in [2.45, 2.75) is 114 Å².